The Morgan fingerprint density at radius 1 is 0.986 bits per heavy atom. The van der Waals surface area contributed by atoms with E-state index in [2.05, 4.69) is 31.3 Å². The highest BCUT2D eigenvalue weighted by atomic mass is 35.5. The number of carbonyl (C=O) groups excluding carboxylic acids is 4. The maximum Gasteiger partial charge on any atom is 0.329 e. The second-order valence-electron chi connectivity index (χ2n) is 18.7. The number of piperidine rings is 1. The monoisotopic (exact) mass is 965 g/mol. The first-order valence-electron chi connectivity index (χ1n) is 23.7. The number of imide groups is 1. The summed E-state index contributed by atoms with van der Waals surface area (Å²) in [5.74, 6) is -2.41. The van der Waals surface area contributed by atoms with Gasteiger partial charge in [0.2, 0.25) is 17.7 Å². The smallest absolute Gasteiger partial charge is 0.329 e. The number of nitrogens with one attached hydrogen (secondary N) is 4. The van der Waals surface area contributed by atoms with Crippen LogP contribution >= 0.6 is 11.6 Å². The first-order valence-corrected chi connectivity index (χ1v) is 24.1. The van der Waals surface area contributed by atoms with Crippen molar-refractivity contribution in [3.8, 4) is 22.6 Å². The number of aryl methyl sites for hydroxylation is 1. The summed E-state index contributed by atoms with van der Waals surface area (Å²) in [5, 5.41) is 18.1. The molecule has 0 unspecified atom stereocenters. The van der Waals surface area contributed by atoms with Crippen LogP contribution in [0.15, 0.2) is 66.7 Å². The van der Waals surface area contributed by atoms with E-state index >= 15 is 8.78 Å². The van der Waals surface area contributed by atoms with Crippen molar-refractivity contribution < 1.29 is 37.4 Å². The third kappa shape index (κ3) is 9.31. The van der Waals surface area contributed by atoms with Crippen LogP contribution in [0, 0.1) is 23.5 Å². The van der Waals surface area contributed by atoms with E-state index in [1.807, 2.05) is 62.5 Å². The van der Waals surface area contributed by atoms with Gasteiger partial charge in [-0.05, 0) is 87.4 Å². The molecule has 3 aliphatic heterocycles. The number of hydrogen-bond acceptors (Lipinski definition) is 10. The van der Waals surface area contributed by atoms with Gasteiger partial charge in [-0.3, -0.25) is 29.3 Å². The number of carbonyl (C=O) groups is 4. The number of para-hydroxylation sites is 1. The number of halogens is 3. The normalized spacial score (nSPS) is 22.0. The van der Waals surface area contributed by atoms with Crippen LogP contribution in [0.5, 0.6) is 11.5 Å². The number of ether oxygens (including phenoxy) is 2. The molecule has 1 aromatic heterocycles. The number of benzene rings is 4. The molecule has 2 saturated heterocycles. The molecule has 0 bridgehead atoms. The Morgan fingerprint density at radius 3 is 2.45 bits per heavy atom. The van der Waals surface area contributed by atoms with Gasteiger partial charge in [0, 0.05) is 92.2 Å². The minimum absolute atomic E-state index is 0.00844. The van der Waals surface area contributed by atoms with Gasteiger partial charge in [-0.25, -0.2) is 13.6 Å². The van der Waals surface area contributed by atoms with Crippen molar-refractivity contribution in [2.75, 3.05) is 63.1 Å². The van der Waals surface area contributed by atoms with E-state index in [-0.39, 0.29) is 70.0 Å². The van der Waals surface area contributed by atoms with E-state index in [4.69, 9.17) is 26.8 Å². The maximum atomic E-state index is 16.2. The minimum Gasteiger partial charge on any atom is -0.494 e. The summed E-state index contributed by atoms with van der Waals surface area (Å²) in [6, 6.07) is 19.0. The molecule has 9 rings (SSSR count). The molecule has 4 aliphatic rings. The first kappa shape index (κ1) is 47.8. The Balaban J connectivity index is 0.766. The van der Waals surface area contributed by atoms with Crippen molar-refractivity contribution in [1.82, 2.24) is 30.6 Å². The number of rotatable bonds is 15. The average Bonchev–Trinajstić information content (AvgIpc) is 3.84. The number of aromatic nitrogens is 2. The number of primary amides is 1. The molecule has 1 aliphatic carbocycles. The summed E-state index contributed by atoms with van der Waals surface area (Å²) in [5.41, 5.74) is 7.34. The molecule has 69 heavy (non-hydrogen) atoms. The minimum atomic E-state index is -1.07. The van der Waals surface area contributed by atoms with Gasteiger partial charge in [-0.1, -0.05) is 54.9 Å². The van der Waals surface area contributed by atoms with Gasteiger partial charge < -0.3 is 36.1 Å². The second kappa shape index (κ2) is 20.0. The summed E-state index contributed by atoms with van der Waals surface area (Å²) in [4.78, 5) is 54.3. The Kier molecular flexibility index (Phi) is 13.8. The number of urea groups is 1. The van der Waals surface area contributed by atoms with Gasteiger partial charge in [0.15, 0.2) is 23.0 Å². The lowest BCUT2D eigenvalue weighted by atomic mass is 9.77. The molecular weight excluding hydrogens is 908 g/mol. The molecule has 3 fully saturated rings. The van der Waals surface area contributed by atoms with Gasteiger partial charge >= 0.3 is 6.03 Å². The SMILES string of the molecule is COc1ccc(C(N)=O)c(-c2c(Cl)c(F)cc3c2[C@H](C)[C@@](CNC2CCC(C(=O)NCCN4CCC(CNc5cccc6c(N7CCC(=O)NC7=O)nn(C)c56)CC4)CC2)(c2ccccc2)O3)c1F. The van der Waals surface area contributed by atoms with Crippen LogP contribution < -0.4 is 41.4 Å². The van der Waals surface area contributed by atoms with Crippen molar-refractivity contribution in [2.45, 2.75) is 69.4 Å². The van der Waals surface area contributed by atoms with Crippen LogP contribution in [0.25, 0.3) is 22.0 Å². The molecule has 2 atom stereocenters. The second-order valence-corrected chi connectivity index (χ2v) is 19.1. The largest absolute Gasteiger partial charge is 0.494 e. The third-order valence-electron chi connectivity index (χ3n) is 14.7. The molecular formula is C51H58ClF2N9O6. The lowest BCUT2D eigenvalue weighted by molar-refractivity contribution is -0.126. The van der Waals surface area contributed by atoms with Crippen LogP contribution in [0.4, 0.5) is 25.1 Å². The van der Waals surface area contributed by atoms with Gasteiger partial charge in [0.25, 0.3) is 0 Å². The first-order chi connectivity index (χ1) is 33.3. The number of anilines is 2. The maximum absolute atomic E-state index is 16.2. The summed E-state index contributed by atoms with van der Waals surface area (Å²) in [6.45, 7) is 6.57. The zero-order valence-corrected chi connectivity index (χ0v) is 39.8. The fourth-order valence-electron chi connectivity index (χ4n) is 10.8. The molecule has 18 heteroatoms. The lowest BCUT2D eigenvalue weighted by Gasteiger charge is -2.37. The summed E-state index contributed by atoms with van der Waals surface area (Å²) < 4.78 is 45.7. The lowest BCUT2D eigenvalue weighted by Crippen LogP contribution is -2.49. The molecule has 0 spiro atoms. The zero-order valence-electron chi connectivity index (χ0n) is 39.0. The molecule has 4 heterocycles. The summed E-state index contributed by atoms with van der Waals surface area (Å²) in [6.07, 6.45) is 5.25. The number of likely N-dealkylation sites (tertiary alicyclic amines) is 1. The van der Waals surface area contributed by atoms with Crippen LogP contribution in [0.3, 0.4) is 0 Å². The van der Waals surface area contributed by atoms with Gasteiger partial charge in [-0.2, -0.15) is 5.10 Å². The highest BCUT2D eigenvalue weighted by Gasteiger charge is 2.50. The molecule has 5 aromatic rings. The fraction of sp³-hybridized carbons (Fsp3) is 0.431. The van der Waals surface area contributed by atoms with E-state index < -0.39 is 35.1 Å². The summed E-state index contributed by atoms with van der Waals surface area (Å²) in [7, 11) is 3.16. The quantitative estimate of drug-likeness (QED) is 0.0719. The van der Waals surface area contributed by atoms with E-state index in [0.29, 0.717) is 30.4 Å². The number of amides is 5. The molecule has 4 aromatic carbocycles. The van der Waals surface area contributed by atoms with Crippen LogP contribution in [0.1, 0.15) is 79.3 Å². The van der Waals surface area contributed by atoms with E-state index in [1.165, 1.54) is 30.2 Å². The number of nitrogens with two attached hydrogens (primary N) is 1. The molecule has 6 N–H and O–H groups in total. The number of nitrogens with zero attached hydrogens (tertiary/aromatic N) is 4. The Bertz CT molecular complexity index is 2780. The number of fused-ring (bicyclic) bond motifs is 2. The van der Waals surface area contributed by atoms with Crippen molar-refractivity contribution in [3.05, 3.63) is 100 Å². The molecule has 364 valence electrons. The zero-order chi connectivity index (χ0) is 48.6. The molecule has 0 radical (unpaired) electrons. The van der Waals surface area contributed by atoms with Crippen molar-refractivity contribution in [2.24, 2.45) is 24.6 Å². The van der Waals surface area contributed by atoms with E-state index in [9.17, 15) is 19.2 Å². The highest BCUT2D eigenvalue weighted by Crippen LogP contribution is 2.56. The van der Waals surface area contributed by atoms with Gasteiger partial charge in [0.05, 0.1) is 28.9 Å². The van der Waals surface area contributed by atoms with E-state index in [0.717, 1.165) is 86.9 Å². The molecule has 1 saturated carbocycles. The van der Waals surface area contributed by atoms with E-state index in [1.54, 1.807) is 4.68 Å². The topological polar surface area (TPSA) is 185 Å². The summed E-state index contributed by atoms with van der Waals surface area (Å²) >= 11 is 6.68. The van der Waals surface area contributed by atoms with Crippen LogP contribution in [-0.4, -0.2) is 97.4 Å². The predicted molar refractivity (Wildman–Crippen MR) is 260 cm³/mol. The van der Waals surface area contributed by atoms with Crippen LogP contribution in [0.2, 0.25) is 5.02 Å². The van der Waals surface area contributed by atoms with Crippen molar-refractivity contribution in [1.29, 1.82) is 0 Å². The predicted octanol–water partition coefficient (Wildman–Crippen LogP) is 7.21. The van der Waals surface area contributed by atoms with Crippen molar-refractivity contribution >= 4 is 57.8 Å². The fourth-order valence-corrected chi connectivity index (χ4v) is 11.1. The Morgan fingerprint density at radius 2 is 1.74 bits per heavy atom. The molecule has 5 amide bonds. The molecule has 15 nitrogen and oxygen atoms in total. The average molecular weight is 967 g/mol. The van der Waals surface area contributed by atoms with Crippen molar-refractivity contribution in [3.63, 3.8) is 0 Å². The van der Waals surface area contributed by atoms with Crippen LogP contribution in [-0.2, 0) is 22.2 Å². The Hall–Kier alpha value is -6.30. The Labute approximate surface area is 404 Å². The van der Waals surface area contributed by atoms with Gasteiger partial charge in [-0.15, -0.1) is 0 Å². The number of hydrogen-bond donors (Lipinski definition) is 5. The third-order valence-corrected chi connectivity index (χ3v) is 15.0. The highest BCUT2D eigenvalue weighted by molar-refractivity contribution is 6.34. The number of methoxy groups -OCH3 is 1. The van der Waals surface area contributed by atoms with Gasteiger partial charge in [0.1, 0.15) is 11.6 Å². The standard InChI is InChI=1S/C51H58ClF2N9O6/c1-29-41-39(26-36(53)44(52)43(41)42-34(47(55)65)16-17-38(68-3)45(42)54)69-51(29,32-8-5-4-6-9-32)28-58-33-14-12-31(13-15-33)49(66)56-21-25-62-22-18-30(19-23-62)27-57-37-11-7-10-35-46(37)61(2)60-48(35)63-24-20-40(64)59-50(63)67/h4-11,16-17,26,29-31,33,57-58H,12-15,18-25,27-28H2,1-3H3,(H2,55,65)(H,56,66)(H,59,64,67)/t29-,31?,33?,51-/m0/s1.